The van der Waals surface area contributed by atoms with Crippen molar-refractivity contribution in [3.8, 4) is 5.75 Å². The summed E-state index contributed by atoms with van der Waals surface area (Å²) in [5.74, 6) is -1.89. The second-order valence-corrected chi connectivity index (χ2v) is 9.50. The first-order valence-electron chi connectivity index (χ1n) is 8.96. The third-order valence-electron chi connectivity index (χ3n) is 4.58. The Kier molecular flexibility index (Phi) is 5.53. The molecule has 0 saturated carbocycles. The minimum absolute atomic E-state index is 0.392. The van der Waals surface area contributed by atoms with Crippen molar-refractivity contribution in [3.63, 3.8) is 0 Å². The Morgan fingerprint density at radius 1 is 1.24 bits per heavy atom. The second-order valence-electron chi connectivity index (χ2n) is 7.59. The van der Waals surface area contributed by atoms with Gasteiger partial charge in [-0.3, -0.25) is 9.10 Å². The molecule has 1 amide bonds. The van der Waals surface area contributed by atoms with Gasteiger partial charge >= 0.3 is 0 Å². The lowest BCUT2D eigenvalue weighted by molar-refractivity contribution is -0.120. The highest BCUT2D eigenvalue weighted by Gasteiger charge is 2.35. The third kappa shape index (κ3) is 4.84. The first-order valence-corrected chi connectivity index (χ1v) is 10.8. The highest BCUT2D eigenvalue weighted by Crippen LogP contribution is 2.39. The Morgan fingerprint density at radius 2 is 1.93 bits per heavy atom. The van der Waals surface area contributed by atoms with Gasteiger partial charge < -0.3 is 10.1 Å². The molecule has 3 rings (SSSR count). The molecule has 1 N–H and O–H groups in total. The van der Waals surface area contributed by atoms with E-state index in [0.29, 0.717) is 22.5 Å². The third-order valence-corrected chi connectivity index (χ3v) is 5.70. The summed E-state index contributed by atoms with van der Waals surface area (Å²) in [5.41, 5.74) is -0.151. The standard InChI is InChI=1S/C20H22F2N2O4S/c1-20(2)11-16(14-6-4-5-7-18(14)28-20)23-19(25)12-24(29(3,26)27)17-9-8-13(21)10-15(17)22/h4-10,16H,11-12H2,1-3H3,(H,23,25)/t16-/m1/s1. The van der Waals surface area contributed by atoms with Crippen molar-refractivity contribution in [2.24, 2.45) is 0 Å². The predicted molar refractivity (Wildman–Crippen MR) is 105 cm³/mol. The van der Waals surface area contributed by atoms with Crippen LogP contribution in [0.1, 0.15) is 31.9 Å². The predicted octanol–water partition coefficient (Wildman–Crippen LogP) is 3.15. The first-order chi connectivity index (χ1) is 13.5. The summed E-state index contributed by atoms with van der Waals surface area (Å²) >= 11 is 0. The molecule has 1 atom stereocenters. The number of hydrogen-bond donors (Lipinski definition) is 1. The molecule has 0 aromatic heterocycles. The monoisotopic (exact) mass is 424 g/mol. The number of halogens is 2. The average molecular weight is 424 g/mol. The smallest absolute Gasteiger partial charge is 0.241 e. The van der Waals surface area contributed by atoms with Crippen molar-refractivity contribution in [3.05, 3.63) is 59.7 Å². The minimum Gasteiger partial charge on any atom is -0.487 e. The summed E-state index contributed by atoms with van der Waals surface area (Å²) in [5, 5.41) is 2.81. The molecular weight excluding hydrogens is 402 g/mol. The number of sulfonamides is 1. The zero-order valence-corrected chi connectivity index (χ0v) is 17.1. The van der Waals surface area contributed by atoms with Gasteiger partial charge in [-0.2, -0.15) is 0 Å². The van der Waals surface area contributed by atoms with Crippen molar-refractivity contribution in [2.75, 3.05) is 17.1 Å². The van der Waals surface area contributed by atoms with E-state index >= 15 is 0 Å². The number of amides is 1. The summed E-state index contributed by atoms with van der Waals surface area (Å²) in [7, 11) is -3.99. The fourth-order valence-electron chi connectivity index (χ4n) is 3.37. The van der Waals surface area contributed by atoms with Crippen LogP contribution < -0.4 is 14.4 Å². The molecule has 0 spiro atoms. The van der Waals surface area contributed by atoms with E-state index in [4.69, 9.17) is 4.74 Å². The van der Waals surface area contributed by atoms with Crippen molar-refractivity contribution < 1.29 is 26.7 Å². The van der Waals surface area contributed by atoms with Crippen molar-refractivity contribution in [2.45, 2.75) is 31.9 Å². The number of rotatable bonds is 5. The number of benzene rings is 2. The van der Waals surface area contributed by atoms with Crippen molar-refractivity contribution in [1.29, 1.82) is 0 Å². The van der Waals surface area contributed by atoms with Crippen molar-refractivity contribution in [1.82, 2.24) is 5.32 Å². The number of anilines is 1. The van der Waals surface area contributed by atoms with Gasteiger partial charge in [-0.15, -0.1) is 0 Å². The van der Waals surface area contributed by atoms with Gasteiger partial charge in [0, 0.05) is 18.1 Å². The minimum atomic E-state index is -3.99. The summed E-state index contributed by atoms with van der Waals surface area (Å²) in [6.45, 7) is 3.14. The van der Waals surface area contributed by atoms with Gasteiger partial charge in [0.05, 0.1) is 18.0 Å². The van der Waals surface area contributed by atoms with Crippen LogP contribution in [-0.2, 0) is 14.8 Å². The number of para-hydroxylation sites is 1. The zero-order valence-electron chi connectivity index (χ0n) is 16.3. The molecule has 156 valence electrons. The Hall–Kier alpha value is -2.68. The number of nitrogens with one attached hydrogen (secondary N) is 1. The number of ether oxygens (including phenoxy) is 1. The van der Waals surface area contributed by atoms with Crippen LogP contribution in [0.25, 0.3) is 0 Å². The second kappa shape index (κ2) is 7.62. The summed E-state index contributed by atoms with van der Waals surface area (Å²) < 4.78 is 58.2. The molecule has 1 heterocycles. The van der Waals surface area contributed by atoms with Gasteiger partial charge in [-0.25, -0.2) is 17.2 Å². The molecule has 1 aliphatic rings. The Labute approximate surface area is 168 Å². The van der Waals surface area contributed by atoms with Crippen LogP contribution >= 0.6 is 0 Å². The van der Waals surface area contributed by atoms with E-state index in [0.717, 1.165) is 24.0 Å². The van der Waals surface area contributed by atoms with E-state index < -0.39 is 51.4 Å². The normalized spacial score (nSPS) is 17.8. The van der Waals surface area contributed by atoms with Crippen LogP contribution in [0.5, 0.6) is 5.75 Å². The van der Waals surface area contributed by atoms with E-state index in [1.165, 1.54) is 0 Å². The molecule has 0 unspecified atom stereocenters. The first kappa shape index (κ1) is 21.0. The molecule has 0 bridgehead atoms. The molecule has 0 fully saturated rings. The van der Waals surface area contributed by atoms with Gasteiger partial charge in [0.2, 0.25) is 15.9 Å². The zero-order chi connectivity index (χ0) is 21.4. The summed E-state index contributed by atoms with van der Waals surface area (Å²) in [6.07, 6.45) is 1.33. The number of carbonyl (C=O) groups excluding carboxylic acids is 1. The number of carbonyl (C=O) groups is 1. The van der Waals surface area contributed by atoms with E-state index in [-0.39, 0.29) is 0 Å². The van der Waals surface area contributed by atoms with E-state index in [2.05, 4.69) is 5.32 Å². The topological polar surface area (TPSA) is 75.7 Å². The Morgan fingerprint density at radius 3 is 2.59 bits per heavy atom. The number of fused-ring (bicyclic) bond motifs is 1. The van der Waals surface area contributed by atoms with Crippen LogP contribution in [0.2, 0.25) is 0 Å². The SMILES string of the molecule is CC1(C)C[C@@H](NC(=O)CN(c2ccc(F)cc2F)S(C)(=O)=O)c2ccccc2O1. The largest absolute Gasteiger partial charge is 0.487 e. The van der Waals surface area contributed by atoms with Crippen LogP contribution in [0, 0.1) is 11.6 Å². The lowest BCUT2D eigenvalue weighted by atomic mass is 9.89. The maximum absolute atomic E-state index is 14.1. The summed E-state index contributed by atoms with van der Waals surface area (Å²) in [4.78, 5) is 12.7. The van der Waals surface area contributed by atoms with Gasteiger partial charge in [-0.1, -0.05) is 18.2 Å². The van der Waals surface area contributed by atoms with Gasteiger partial charge in [0.25, 0.3) is 0 Å². The van der Waals surface area contributed by atoms with Crippen LogP contribution in [0.4, 0.5) is 14.5 Å². The van der Waals surface area contributed by atoms with Gasteiger partial charge in [0.15, 0.2) is 0 Å². The highest BCUT2D eigenvalue weighted by molar-refractivity contribution is 7.92. The lowest BCUT2D eigenvalue weighted by Crippen LogP contribution is -2.45. The molecule has 2 aromatic carbocycles. The molecule has 0 radical (unpaired) electrons. The molecule has 29 heavy (non-hydrogen) atoms. The Bertz CT molecular complexity index is 1040. The van der Waals surface area contributed by atoms with Crippen LogP contribution in [0.3, 0.4) is 0 Å². The van der Waals surface area contributed by atoms with E-state index in [9.17, 15) is 22.0 Å². The molecule has 0 aliphatic carbocycles. The van der Waals surface area contributed by atoms with Crippen molar-refractivity contribution >= 4 is 21.6 Å². The maximum atomic E-state index is 14.1. The molecule has 6 nitrogen and oxygen atoms in total. The van der Waals surface area contributed by atoms with E-state index in [1.54, 1.807) is 6.07 Å². The number of hydrogen-bond acceptors (Lipinski definition) is 4. The maximum Gasteiger partial charge on any atom is 0.241 e. The molecule has 2 aromatic rings. The molecule has 9 heteroatoms. The lowest BCUT2D eigenvalue weighted by Gasteiger charge is -2.38. The van der Waals surface area contributed by atoms with Crippen LogP contribution in [-0.4, -0.2) is 32.7 Å². The fourth-order valence-corrected chi connectivity index (χ4v) is 4.22. The van der Waals surface area contributed by atoms with E-state index in [1.807, 2.05) is 32.0 Å². The quantitative estimate of drug-likeness (QED) is 0.800. The molecule has 0 saturated heterocycles. The van der Waals surface area contributed by atoms with Gasteiger partial charge in [0.1, 0.15) is 29.5 Å². The Balaban J connectivity index is 1.84. The number of nitrogens with zero attached hydrogens (tertiary/aromatic N) is 1. The summed E-state index contributed by atoms with van der Waals surface area (Å²) in [6, 6.07) is 9.36. The fraction of sp³-hybridized carbons (Fsp3) is 0.350. The van der Waals surface area contributed by atoms with Gasteiger partial charge in [-0.05, 0) is 32.0 Å². The average Bonchev–Trinajstić information content (AvgIpc) is 2.58. The molecular formula is C20H22F2N2O4S. The highest BCUT2D eigenvalue weighted by atomic mass is 32.2. The molecule has 1 aliphatic heterocycles. The van der Waals surface area contributed by atoms with Crippen LogP contribution in [0.15, 0.2) is 42.5 Å².